The van der Waals surface area contributed by atoms with Gasteiger partial charge in [-0.3, -0.25) is 0 Å². The Morgan fingerprint density at radius 1 is 1.15 bits per heavy atom. The molecule has 0 spiro atoms. The van der Waals surface area contributed by atoms with Crippen LogP contribution in [0.4, 0.5) is 22.7 Å². The van der Waals surface area contributed by atoms with E-state index in [-0.39, 0.29) is 10.9 Å². The molecular weight excluding hydrogens is 294 g/mol. The molecule has 1 aromatic heterocycles. The second-order valence-electron chi connectivity index (χ2n) is 4.47. The third kappa shape index (κ3) is 2.47. The molecule has 8 heteroatoms. The van der Waals surface area contributed by atoms with Crippen LogP contribution in [0.25, 0.3) is 0 Å². The fraction of sp³-hybridized carbons (Fsp3) is 0.333. The number of hydrogen-bond acceptors (Lipinski definition) is 4. The van der Waals surface area contributed by atoms with Gasteiger partial charge in [-0.1, -0.05) is 17.4 Å². The molecule has 0 saturated heterocycles. The number of hydrogen-bond donors (Lipinski definition) is 0. The van der Waals surface area contributed by atoms with Crippen molar-refractivity contribution >= 4 is 16.5 Å². The van der Waals surface area contributed by atoms with E-state index in [9.17, 15) is 17.6 Å². The first-order valence-electron chi connectivity index (χ1n) is 5.86. The second kappa shape index (κ2) is 4.69. The van der Waals surface area contributed by atoms with Crippen LogP contribution in [0.5, 0.6) is 0 Å². The number of halogens is 4. The molecule has 0 amide bonds. The normalized spacial score (nSPS) is 15.3. The van der Waals surface area contributed by atoms with Gasteiger partial charge < -0.3 is 4.90 Å². The summed E-state index contributed by atoms with van der Waals surface area (Å²) in [5, 5.41) is 6.07. The van der Waals surface area contributed by atoms with E-state index in [1.165, 1.54) is 12.1 Å². The maximum Gasteiger partial charge on any atom is 0.445 e. The van der Waals surface area contributed by atoms with Gasteiger partial charge in [0, 0.05) is 13.1 Å². The van der Waals surface area contributed by atoms with Crippen molar-refractivity contribution in [2.24, 2.45) is 0 Å². The lowest BCUT2D eigenvalue weighted by atomic mass is 10.0. The summed E-state index contributed by atoms with van der Waals surface area (Å²) < 4.78 is 50.6. The van der Waals surface area contributed by atoms with Crippen molar-refractivity contribution in [3.05, 3.63) is 40.2 Å². The first-order chi connectivity index (χ1) is 9.43. The lowest BCUT2D eigenvalue weighted by Crippen LogP contribution is -2.30. The van der Waals surface area contributed by atoms with E-state index >= 15 is 0 Å². The summed E-state index contributed by atoms with van der Waals surface area (Å²) in [7, 11) is 0. The van der Waals surface area contributed by atoms with E-state index in [1.807, 2.05) is 0 Å². The topological polar surface area (TPSA) is 29.0 Å². The highest BCUT2D eigenvalue weighted by molar-refractivity contribution is 7.15. The Bertz CT molecular complexity index is 638. The second-order valence-corrected chi connectivity index (χ2v) is 5.43. The van der Waals surface area contributed by atoms with Crippen molar-refractivity contribution in [3.8, 4) is 0 Å². The SMILES string of the molecule is Fc1ccc2c(c1)CCN(c1nnc(C(F)(F)F)s1)C2. The van der Waals surface area contributed by atoms with Crippen LogP contribution < -0.4 is 4.90 Å². The lowest BCUT2D eigenvalue weighted by molar-refractivity contribution is -0.138. The van der Waals surface area contributed by atoms with Crippen molar-refractivity contribution < 1.29 is 17.6 Å². The van der Waals surface area contributed by atoms with Crippen molar-refractivity contribution in [3.63, 3.8) is 0 Å². The molecule has 0 unspecified atom stereocenters. The number of aromatic nitrogens is 2. The molecule has 1 aliphatic heterocycles. The Labute approximate surface area is 115 Å². The Morgan fingerprint density at radius 3 is 2.65 bits per heavy atom. The summed E-state index contributed by atoms with van der Waals surface area (Å²) in [6.07, 6.45) is -3.89. The largest absolute Gasteiger partial charge is 0.445 e. The monoisotopic (exact) mass is 303 g/mol. The maximum atomic E-state index is 13.1. The molecule has 0 atom stereocenters. The predicted octanol–water partition coefficient (Wildman–Crippen LogP) is 3.26. The molecule has 1 aliphatic rings. The lowest BCUT2D eigenvalue weighted by Gasteiger charge is -2.27. The Hall–Kier alpha value is -1.70. The van der Waals surface area contributed by atoms with Gasteiger partial charge in [-0.15, -0.1) is 10.2 Å². The molecule has 0 aliphatic carbocycles. The van der Waals surface area contributed by atoms with E-state index in [2.05, 4.69) is 10.2 Å². The highest BCUT2D eigenvalue weighted by Gasteiger charge is 2.36. The molecule has 1 aromatic carbocycles. The zero-order valence-corrected chi connectivity index (χ0v) is 10.9. The number of fused-ring (bicyclic) bond motifs is 1. The first kappa shape index (κ1) is 13.3. The Morgan fingerprint density at radius 2 is 1.95 bits per heavy atom. The van der Waals surface area contributed by atoms with Crippen molar-refractivity contribution in [2.75, 3.05) is 11.4 Å². The highest BCUT2D eigenvalue weighted by atomic mass is 32.1. The maximum absolute atomic E-state index is 13.1. The molecule has 2 heterocycles. The van der Waals surface area contributed by atoms with E-state index in [4.69, 9.17) is 0 Å². The zero-order chi connectivity index (χ0) is 14.3. The number of benzene rings is 1. The summed E-state index contributed by atoms with van der Waals surface area (Å²) in [6.45, 7) is 0.922. The summed E-state index contributed by atoms with van der Waals surface area (Å²) in [6, 6.07) is 4.47. The fourth-order valence-electron chi connectivity index (χ4n) is 2.14. The predicted molar refractivity (Wildman–Crippen MR) is 66.1 cm³/mol. The molecular formula is C12H9F4N3S. The molecule has 20 heavy (non-hydrogen) atoms. The summed E-state index contributed by atoms with van der Waals surface area (Å²) in [5.74, 6) is -0.299. The van der Waals surface area contributed by atoms with Gasteiger partial charge in [0.2, 0.25) is 10.1 Å². The van der Waals surface area contributed by atoms with Crippen molar-refractivity contribution in [1.82, 2.24) is 10.2 Å². The van der Waals surface area contributed by atoms with Crippen LogP contribution in [0.3, 0.4) is 0 Å². The summed E-state index contributed by atoms with van der Waals surface area (Å²) in [4.78, 5) is 1.73. The van der Waals surface area contributed by atoms with Crippen LogP contribution >= 0.6 is 11.3 Å². The molecule has 3 rings (SSSR count). The zero-order valence-electron chi connectivity index (χ0n) is 10.1. The third-order valence-corrected chi connectivity index (χ3v) is 4.14. The molecule has 0 saturated carbocycles. The average Bonchev–Trinajstić information content (AvgIpc) is 2.87. The smallest absolute Gasteiger partial charge is 0.342 e. The minimum absolute atomic E-state index is 0.243. The van der Waals surface area contributed by atoms with Gasteiger partial charge >= 0.3 is 6.18 Å². The minimum Gasteiger partial charge on any atom is -0.342 e. The molecule has 2 aromatic rings. The van der Waals surface area contributed by atoms with Crippen molar-refractivity contribution in [1.29, 1.82) is 0 Å². The molecule has 106 valence electrons. The van der Waals surface area contributed by atoms with Gasteiger partial charge in [0.25, 0.3) is 0 Å². The van der Waals surface area contributed by atoms with Crippen LogP contribution in [0, 0.1) is 5.82 Å². The molecule has 0 fully saturated rings. The van der Waals surface area contributed by atoms with Crippen LogP contribution in [0.1, 0.15) is 16.1 Å². The van der Waals surface area contributed by atoms with Gasteiger partial charge in [-0.2, -0.15) is 13.2 Å². The van der Waals surface area contributed by atoms with Crippen molar-refractivity contribution in [2.45, 2.75) is 19.1 Å². The summed E-state index contributed by atoms with van der Waals surface area (Å²) >= 11 is 0.529. The molecule has 3 nitrogen and oxygen atoms in total. The number of rotatable bonds is 1. The molecule has 0 N–H and O–H groups in total. The minimum atomic E-state index is -4.47. The van der Waals surface area contributed by atoms with Crippen LogP contribution in [0.15, 0.2) is 18.2 Å². The molecule has 0 bridgehead atoms. The van der Waals surface area contributed by atoms with Gasteiger partial charge in [0.15, 0.2) is 0 Å². The number of nitrogens with zero attached hydrogens (tertiary/aromatic N) is 3. The Balaban J connectivity index is 1.83. The standard InChI is InChI=1S/C12H9F4N3S/c13-9-2-1-8-6-19(4-3-7(8)5-9)11-18-17-10(20-11)12(14,15)16/h1-2,5H,3-4,6H2. The van der Waals surface area contributed by atoms with E-state index in [0.717, 1.165) is 11.1 Å². The Kier molecular flexibility index (Phi) is 3.12. The van der Waals surface area contributed by atoms with E-state index in [1.54, 1.807) is 11.0 Å². The average molecular weight is 303 g/mol. The highest BCUT2D eigenvalue weighted by Crippen LogP contribution is 2.35. The van der Waals surface area contributed by atoms with Crippen LogP contribution in [-0.4, -0.2) is 16.7 Å². The van der Waals surface area contributed by atoms with Crippen LogP contribution in [0.2, 0.25) is 0 Å². The molecule has 0 radical (unpaired) electrons. The fourth-order valence-corrected chi connectivity index (χ4v) is 2.88. The first-order valence-corrected chi connectivity index (χ1v) is 6.68. The van der Waals surface area contributed by atoms with Gasteiger partial charge in [-0.25, -0.2) is 4.39 Å². The third-order valence-electron chi connectivity index (χ3n) is 3.11. The summed E-state index contributed by atoms with van der Waals surface area (Å²) in [5.41, 5.74) is 1.79. The van der Waals surface area contributed by atoms with Gasteiger partial charge in [0.05, 0.1) is 0 Å². The van der Waals surface area contributed by atoms with Gasteiger partial charge in [0.1, 0.15) is 5.82 Å². The quantitative estimate of drug-likeness (QED) is 0.757. The van der Waals surface area contributed by atoms with E-state index < -0.39 is 11.2 Å². The van der Waals surface area contributed by atoms with Gasteiger partial charge in [-0.05, 0) is 29.7 Å². The van der Waals surface area contributed by atoms with Crippen LogP contribution in [-0.2, 0) is 19.1 Å². The number of anilines is 1. The number of alkyl halides is 3. The van der Waals surface area contributed by atoms with E-state index in [0.29, 0.717) is 30.8 Å².